The van der Waals surface area contributed by atoms with E-state index in [-0.39, 0.29) is 28.9 Å². The Bertz CT molecular complexity index is 1270. The standard InChI is InChI=1S/C25H31ClFN7O2/c1-25(36)10-2-3-16(12-25)30-23-29-13-20-22(33-23)34(17-7-4-14(5-8-17)21(28)35)24(32-20)31-19-9-6-15(27)11-18(19)26/h6,9,11,13-14,16-17,36H,2-5,7-8,10,12H2,1H3,(H2,28,35)(H,31,32)(H,29,30,33)/t14-,16-,17+,25+/m1/s1. The Kier molecular flexibility index (Phi) is 6.74. The molecule has 2 aliphatic rings. The number of aromatic nitrogens is 4. The van der Waals surface area contributed by atoms with Crippen molar-refractivity contribution in [2.24, 2.45) is 11.7 Å². The number of hydrogen-bond donors (Lipinski definition) is 4. The number of anilines is 3. The van der Waals surface area contributed by atoms with Crippen LogP contribution in [0.15, 0.2) is 24.4 Å². The van der Waals surface area contributed by atoms with E-state index in [2.05, 4.69) is 15.6 Å². The van der Waals surface area contributed by atoms with E-state index in [9.17, 15) is 14.3 Å². The molecule has 9 nitrogen and oxygen atoms in total. The maximum Gasteiger partial charge on any atom is 0.224 e. The number of carbonyl (C=O) groups is 1. The number of carbonyl (C=O) groups excluding carboxylic acids is 1. The molecule has 0 spiro atoms. The zero-order valence-electron chi connectivity index (χ0n) is 20.2. The first-order chi connectivity index (χ1) is 17.2. The van der Waals surface area contributed by atoms with E-state index in [1.807, 2.05) is 11.5 Å². The Morgan fingerprint density at radius 1 is 1.25 bits per heavy atom. The predicted octanol–water partition coefficient (Wildman–Crippen LogP) is 4.68. The SMILES string of the molecule is C[C@]1(O)CCC[C@@H](Nc2ncc3nc(Nc4ccc(F)cc4Cl)n([C@H]4CC[C@@H](C(N)=O)CC4)c3n2)C1. The smallest absolute Gasteiger partial charge is 0.224 e. The number of hydrogen-bond acceptors (Lipinski definition) is 7. The van der Waals surface area contributed by atoms with Crippen LogP contribution in [0.5, 0.6) is 0 Å². The monoisotopic (exact) mass is 515 g/mol. The van der Waals surface area contributed by atoms with E-state index in [1.54, 1.807) is 12.3 Å². The maximum atomic E-state index is 13.6. The van der Waals surface area contributed by atoms with Gasteiger partial charge < -0.3 is 21.5 Å². The maximum absolute atomic E-state index is 13.6. The third-order valence-electron chi connectivity index (χ3n) is 7.36. The van der Waals surface area contributed by atoms with Crippen molar-refractivity contribution in [1.29, 1.82) is 0 Å². The molecule has 2 saturated carbocycles. The van der Waals surface area contributed by atoms with Gasteiger partial charge in [0, 0.05) is 18.0 Å². The summed E-state index contributed by atoms with van der Waals surface area (Å²) in [5, 5.41) is 17.3. The molecular formula is C25H31ClFN7O2. The Hall–Kier alpha value is -2.98. The lowest BCUT2D eigenvalue weighted by Gasteiger charge is -2.34. The highest BCUT2D eigenvalue weighted by atomic mass is 35.5. The van der Waals surface area contributed by atoms with Gasteiger partial charge in [-0.2, -0.15) is 4.98 Å². The molecule has 0 bridgehead atoms. The molecule has 2 fully saturated rings. The highest BCUT2D eigenvalue weighted by molar-refractivity contribution is 6.33. The lowest BCUT2D eigenvalue weighted by Crippen LogP contribution is -2.38. The van der Waals surface area contributed by atoms with Crippen molar-refractivity contribution in [2.75, 3.05) is 10.6 Å². The van der Waals surface area contributed by atoms with Crippen LogP contribution in [0.1, 0.15) is 64.3 Å². The number of halogens is 2. The van der Waals surface area contributed by atoms with Gasteiger partial charge >= 0.3 is 0 Å². The van der Waals surface area contributed by atoms with Gasteiger partial charge in [-0.1, -0.05) is 11.6 Å². The number of aliphatic hydroxyl groups is 1. The summed E-state index contributed by atoms with van der Waals surface area (Å²) in [5.41, 5.74) is 6.63. The lowest BCUT2D eigenvalue weighted by molar-refractivity contribution is -0.122. The number of benzene rings is 1. The number of primary amides is 1. The molecule has 2 aromatic heterocycles. The minimum atomic E-state index is -0.702. The number of nitrogens with zero attached hydrogens (tertiary/aromatic N) is 4. The Labute approximate surface area is 213 Å². The fraction of sp³-hybridized carbons (Fsp3) is 0.520. The van der Waals surface area contributed by atoms with Crippen LogP contribution in [0, 0.1) is 11.7 Å². The fourth-order valence-electron chi connectivity index (χ4n) is 5.49. The largest absolute Gasteiger partial charge is 0.390 e. The third kappa shape index (κ3) is 5.24. The van der Waals surface area contributed by atoms with Gasteiger partial charge in [-0.15, -0.1) is 0 Å². The molecule has 5 N–H and O–H groups in total. The summed E-state index contributed by atoms with van der Waals surface area (Å²) < 4.78 is 15.6. The van der Waals surface area contributed by atoms with Gasteiger partial charge in [0.1, 0.15) is 11.3 Å². The molecule has 192 valence electrons. The van der Waals surface area contributed by atoms with Gasteiger partial charge in [0.05, 0.1) is 22.5 Å². The van der Waals surface area contributed by atoms with E-state index in [4.69, 9.17) is 27.3 Å². The molecule has 36 heavy (non-hydrogen) atoms. The minimum Gasteiger partial charge on any atom is -0.390 e. The molecule has 0 unspecified atom stereocenters. The number of nitrogens with two attached hydrogens (primary N) is 1. The summed E-state index contributed by atoms with van der Waals surface area (Å²) >= 11 is 6.28. The molecule has 5 rings (SSSR count). The van der Waals surface area contributed by atoms with E-state index in [0.717, 1.165) is 32.1 Å². The normalized spacial score (nSPS) is 26.6. The molecule has 2 aliphatic carbocycles. The molecule has 2 atom stereocenters. The van der Waals surface area contributed by atoms with E-state index in [0.29, 0.717) is 48.0 Å². The highest BCUT2D eigenvalue weighted by Crippen LogP contribution is 2.38. The van der Waals surface area contributed by atoms with Crippen molar-refractivity contribution in [1.82, 2.24) is 19.5 Å². The van der Waals surface area contributed by atoms with Crippen molar-refractivity contribution in [3.8, 4) is 0 Å². The van der Waals surface area contributed by atoms with Gasteiger partial charge in [0.2, 0.25) is 17.8 Å². The van der Waals surface area contributed by atoms with Crippen molar-refractivity contribution in [3.05, 3.63) is 35.2 Å². The molecule has 2 heterocycles. The lowest BCUT2D eigenvalue weighted by atomic mass is 9.83. The van der Waals surface area contributed by atoms with Crippen LogP contribution in [-0.4, -0.2) is 42.2 Å². The van der Waals surface area contributed by atoms with Gasteiger partial charge in [0.15, 0.2) is 5.65 Å². The van der Waals surface area contributed by atoms with Crippen molar-refractivity contribution in [3.63, 3.8) is 0 Å². The summed E-state index contributed by atoms with van der Waals surface area (Å²) in [4.78, 5) is 25.7. The number of rotatable bonds is 6. The number of fused-ring (bicyclic) bond motifs is 1. The molecule has 1 amide bonds. The Morgan fingerprint density at radius 2 is 2.03 bits per heavy atom. The third-order valence-corrected chi connectivity index (χ3v) is 7.67. The fourth-order valence-corrected chi connectivity index (χ4v) is 5.71. The minimum absolute atomic E-state index is 0.0329. The number of imidazole rings is 1. The average Bonchev–Trinajstić information content (AvgIpc) is 3.17. The second kappa shape index (κ2) is 9.82. The molecule has 3 aromatic rings. The average molecular weight is 516 g/mol. The first-order valence-corrected chi connectivity index (χ1v) is 12.8. The highest BCUT2D eigenvalue weighted by Gasteiger charge is 2.31. The van der Waals surface area contributed by atoms with E-state index in [1.165, 1.54) is 12.1 Å². The topological polar surface area (TPSA) is 131 Å². The Morgan fingerprint density at radius 3 is 2.72 bits per heavy atom. The van der Waals surface area contributed by atoms with E-state index >= 15 is 0 Å². The first kappa shape index (κ1) is 24.7. The molecular weight excluding hydrogens is 485 g/mol. The van der Waals surface area contributed by atoms with Crippen LogP contribution in [0.4, 0.5) is 22.0 Å². The van der Waals surface area contributed by atoms with Crippen LogP contribution in [0.25, 0.3) is 11.2 Å². The molecule has 11 heteroatoms. The van der Waals surface area contributed by atoms with Gasteiger partial charge in [-0.25, -0.2) is 14.4 Å². The van der Waals surface area contributed by atoms with Crippen molar-refractivity contribution < 1.29 is 14.3 Å². The summed E-state index contributed by atoms with van der Waals surface area (Å²) in [7, 11) is 0. The van der Waals surface area contributed by atoms with Crippen molar-refractivity contribution in [2.45, 2.75) is 76.0 Å². The summed E-state index contributed by atoms with van der Waals surface area (Å²) in [6.45, 7) is 1.86. The summed E-state index contributed by atoms with van der Waals surface area (Å²) in [5.74, 6) is 0.172. The first-order valence-electron chi connectivity index (χ1n) is 12.4. The molecule has 1 aromatic carbocycles. The zero-order valence-corrected chi connectivity index (χ0v) is 20.9. The van der Waals surface area contributed by atoms with Crippen LogP contribution in [0.3, 0.4) is 0 Å². The number of amides is 1. The van der Waals surface area contributed by atoms with Crippen LogP contribution in [-0.2, 0) is 4.79 Å². The van der Waals surface area contributed by atoms with Crippen molar-refractivity contribution >= 4 is 46.3 Å². The molecule has 0 radical (unpaired) electrons. The zero-order chi connectivity index (χ0) is 25.4. The van der Waals surface area contributed by atoms with Crippen LogP contribution >= 0.6 is 11.6 Å². The number of nitrogens with one attached hydrogen (secondary N) is 2. The van der Waals surface area contributed by atoms with Gasteiger partial charge in [0.25, 0.3) is 0 Å². The van der Waals surface area contributed by atoms with Crippen LogP contribution in [0.2, 0.25) is 5.02 Å². The van der Waals surface area contributed by atoms with Crippen LogP contribution < -0.4 is 16.4 Å². The second-order valence-corrected chi connectivity index (χ2v) is 10.7. The van der Waals surface area contributed by atoms with Gasteiger partial charge in [-0.3, -0.25) is 9.36 Å². The molecule has 0 saturated heterocycles. The Balaban J connectivity index is 1.49. The second-order valence-electron chi connectivity index (χ2n) is 10.3. The van der Waals surface area contributed by atoms with E-state index < -0.39 is 11.4 Å². The quantitative estimate of drug-likeness (QED) is 0.374. The predicted molar refractivity (Wildman–Crippen MR) is 137 cm³/mol. The summed E-state index contributed by atoms with van der Waals surface area (Å²) in [6.07, 6.45) is 7.80. The summed E-state index contributed by atoms with van der Waals surface area (Å²) in [6, 6.07) is 4.25. The molecule has 0 aliphatic heterocycles. The van der Waals surface area contributed by atoms with Gasteiger partial charge in [-0.05, 0) is 76.5 Å².